The molecule has 0 unspecified atom stereocenters. The maximum absolute atomic E-state index is 12.6. The van der Waals surface area contributed by atoms with Crippen LogP contribution in [0.5, 0.6) is 5.75 Å². The van der Waals surface area contributed by atoms with Crippen molar-refractivity contribution in [1.82, 2.24) is 19.9 Å². The van der Waals surface area contributed by atoms with Crippen molar-refractivity contribution < 1.29 is 19.7 Å². The van der Waals surface area contributed by atoms with Gasteiger partial charge in [-0.25, -0.2) is 9.50 Å². The second-order valence-electron chi connectivity index (χ2n) is 10.3. The van der Waals surface area contributed by atoms with E-state index in [0.29, 0.717) is 39.0 Å². The Morgan fingerprint density at radius 1 is 1.20 bits per heavy atom. The van der Waals surface area contributed by atoms with Crippen molar-refractivity contribution in [2.45, 2.75) is 37.8 Å². The molecule has 0 aliphatic carbocycles. The van der Waals surface area contributed by atoms with Gasteiger partial charge >= 0.3 is 0 Å². The molecule has 1 aliphatic rings. The topological polar surface area (TPSA) is 125 Å². The number of benzene rings is 1. The monoisotopic (exact) mass is 556 g/mol. The van der Waals surface area contributed by atoms with Gasteiger partial charge in [-0.2, -0.15) is 5.10 Å². The Kier molecular flexibility index (Phi) is 8.61. The second kappa shape index (κ2) is 12.5. The molecule has 10 nitrogen and oxygen atoms in total. The Labute approximate surface area is 239 Å². The first-order chi connectivity index (χ1) is 19.9. The maximum atomic E-state index is 12.6. The summed E-state index contributed by atoms with van der Waals surface area (Å²) in [6.07, 6.45) is 7.85. The quantitative estimate of drug-likeness (QED) is 0.257. The first kappa shape index (κ1) is 28.3. The van der Waals surface area contributed by atoms with E-state index < -0.39 is 24.2 Å². The van der Waals surface area contributed by atoms with Crippen molar-refractivity contribution in [1.29, 1.82) is 0 Å². The Balaban J connectivity index is 1.37. The van der Waals surface area contributed by atoms with Crippen LogP contribution in [-0.4, -0.2) is 81.9 Å². The van der Waals surface area contributed by atoms with Gasteiger partial charge in [-0.15, -0.1) is 0 Å². The van der Waals surface area contributed by atoms with Crippen molar-refractivity contribution in [2.24, 2.45) is 4.99 Å². The molecule has 3 aromatic heterocycles. The molecule has 0 saturated carbocycles. The minimum atomic E-state index is -1.44. The molecule has 0 bridgehead atoms. The molecule has 1 fully saturated rings. The van der Waals surface area contributed by atoms with Crippen LogP contribution in [0.4, 0.5) is 5.82 Å². The summed E-state index contributed by atoms with van der Waals surface area (Å²) in [6, 6.07) is 16.1. The van der Waals surface area contributed by atoms with Crippen LogP contribution in [0.1, 0.15) is 30.9 Å². The number of carbonyl (C=O) groups excluding carboxylic acids is 1. The van der Waals surface area contributed by atoms with Gasteiger partial charge in [0.1, 0.15) is 11.6 Å². The van der Waals surface area contributed by atoms with Crippen molar-refractivity contribution in [2.75, 3.05) is 38.3 Å². The van der Waals surface area contributed by atoms with E-state index in [2.05, 4.69) is 26.4 Å². The highest BCUT2D eigenvalue weighted by Crippen LogP contribution is 2.33. The van der Waals surface area contributed by atoms with E-state index in [-0.39, 0.29) is 0 Å². The molecule has 1 atom stereocenters. The second-order valence-corrected chi connectivity index (χ2v) is 10.3. The fraction of sp³-hybridized carbons (Fsp3) is 0.355. The Hall–Kier alpha value is -4.28. The summed E-state index contributed by atoms with van der Waals surface area (Å²) in [5, 5.41) is 26.8. The lowest BCUT2D eigenvalue weighted by Gasteiger charge is -2.43. The number of amides is 1. The molecule has 1 aromatic carbocycles. The van der Waals surface area contributed by atoms with Crippen LogP contribution in [0.2, 0.25) is 0 Å². The van der Waals surface area contributed by atoms with Crippen LogP contribution in [-0.2, 0) is 11.2 Å². The van der Waals surface area contributed by atoms with Crippen LogP contribution in [0.15, 0.2) is 72.1 Å². The average Bonchev–Trinajstić information content (AvgIpc) is 3.40. The predicted octanol–water partition coefficient (Wildman–Crippen LogP) is 2.89. The van der Waals surface area contributed by atoms with Crippen molar-refractivity contribution >= 4 is 23.5 Å². The molecule has 10 heteroatoms. The van der Waals surface area contributed by atoms with E-state index in [1.807, 2.05) is 66.3 Å². The van der Waals surface area contributed by atoms with Gasteiger partial charge in [-0.05, 0) is 49.9 Å². The summed E-state index contributed by atoms with van der Waals surface area (Å²) in [5.41, 5.74) is 4.30. The van der Waals surface area contributed by atoms with Gasteiger partial charge in [0.05, 0.1) is 31.1 Å². The predicted molar refractivity (Wildman–Crippen MR) is 159 cm³/mol. The summed E-state index contributed by atoms with van der Waals surface area (Å²) < 4.78 is 7.60. The Morgan fingerprint density at radius 3 is 2.63 bits per heavy atom. The van der Waals surface area contributed by atoms with Crippen LogP contribution < -0.4 is 15.0 Å². The number of aliphatic hydroxyl groups is 2. The molecule has 5 rings (SSSR count). The number of carbonyl (C=O) groups is 1. The fourth-order valence-electron chi connectivity index (χ4n) is 5.48. The van der Waals surface area contributed by atoms with E-state index in [4.69, 9.17) is 9.72 Å². The summed E-state index contributed by atoms with van der Waals surface area (Å²) in [5.74, 6) is 1.03. The van der Waals surface area contributed by atoms with Crippen LogP contribution in [0.3, 0.4) is 0 Å². The molecular weight excluding hydrogens is 520 g/mol. The number of nitrogens with one attached hydrogen (secondary N) is 1. The minimum absolute atomic E-state index is 0.532. The van der Waals surface area contributed by atoms with Gasteiger partial charge in [-0.1, -0.05) is 30.3 Å². The SMILES string of the molecule is CCOc1cc(-c2ccc(N3CCC(Cc4ccccc4)(NC(=O)[C@H](O)CO)CC3)nc2)c2c(/C=N\C)cnn2c1. The number of ether oxygens (including phenoxy) is 1. The lowest BCUT2D eigenvalue weighted by Crippen LogP contribution is -2.59. The average molecular weight is 557 g/mol. The number of aromatic nitrogens is 3. The third-order valence-electron chi connectivity index (χ3n) is 7.55. The molecule has 1 aliphatic heterocycles. The third kappa shape index (κ3) is 6.23. The largest absolute Gasteiger partial charge is 0.492 e. The molecule has 1 amide bonds. The van der Waals surface area contributed by atoms with Crippen LogP contribution in [0.25, 0.3) is 16.6 Å². The zero-order valence-corrected chi connectivity index (χ0v) is 23.4. The Bertz CT molecular complexity index is 1490. The minimum Gasteiger partial charge on any atom is -0.492 e. The number of aliphatic imine (C=N–C) groups is 1. The normalized spacial score (nSPS) is 15.8. The summed E-state index contributed by atoms with van der Waals surface area (Å²) in [4.78, 5) is 23.8. The molecule has 4 aromatic rings. The zero-order valence-electron chi connectivity index (χ0n) is 23.4. The van der Waals surface area contributed by atoms with E-state index >= 15 is 0 Å². The third-order valence-corrected chi connectivity index (χ3v) is 7.55. The molecule has 41 heavy (non-hydrogen) atoms. The number of nitrogens with zero attached hydrogens (tertiary/aromatic N) is 5. The van der Waals surface area contributed by atoms with Crippen molar-refractivity contribution in [3.8, 4) is 16.9 Å². The van der Waals surface area contributed by atoms with Gasteiger partial charge in [0.15, 0.2) is 6.10 Å². The van der Waals surface area contributed by atoms with Crippen LogP contribution in [0, 0.1) is 0 Å². The first-order valence-corrected chi connectivity index (χ1v) is 13.9. The summed E-state index contributed by atoms with van der Waals surface area (Å²) in [7, 11) is 1.74. The molecule has 0 radical (unpaired) electrons. The van der Waals surface area contributed by atoms with Gasteiger partial charge in [0.2, 0.25) is 0 Å². The van der Waals surface area contributed by atoms with Gasteiger partial charge in [-0.3, -0.25) is 9.79 Å². The number of hydrogen-bond donors (Lipinski definition) is 3. The number of anilines is 1. The molecule has 4 heterocycles. The highest BCUT2D eigenvalue weighted by atomic mass is 16.5. The number of fused-ring (bicyclic) bond motifs is 1. The van der Waals surface area contributed by atoms with Gasteiger partial charge < -0.3 is 25.2 Å². The van der Waals surface area contributed by atoms with E-state index in [9.17, 15) is 15.0 Å². The highest BCUT2D eigenvalue weighted by Gasteiger charge is 2.37. The van der Waals surface area contributed by atoms with Gasteiger partial charge in [0, 0.05) is 54.8 Å². The summed E-state index contributed by atoms with van der Waals surface area (Å²) in [6.45, 7) is 3.25. The fourth-order valence-corrected chi connectivity index (χ4v) is 5.48. The van der Waals surface area contributed by atoms with Crippen LogP contribution >= 0.6 is 0 Å². The lowest BCUT2D eigenvalue weighted by molar-refractivity contribution is -0.133. The molecule has 214 valence electrons. The van der Waals surface area contributed by atoms with E-state index in [0.717, 1.165) is 39.3 Å². The first-order valence-electron chi connectivity index (χ1n) is 13.9. The number of rotatable bonds is 10. The zero-order chi connectivity index (χ0) is 28.8. The van der Waals surface area contributed by atoms with Crippen molar-refractivity contribution in [3.63, 3.8) is 0 Å². The summed E-state index contributed by atoms with van der Waals surface area (Å²) >= 11 is 0. The Morgan fingerprint density at radius 2 is 1.98 bits per heavy atom. The maximum Gasteiger partial charge on any atom is 0.251 e. The number of pyridine rings is 2. The van der Waals surface area contributed by atoms with Gasteiger partial charge in [0.25, 0.3) is 5.91 Å². The number of hydrogen-bond acceptors (Lipinski definition) is 8. The highest BCUT2D eigenvalue weighted by molar-refractivity contribution is 5.96. The lowest BCUT2D eigenvalue weighted by atomic mass is 9.81. The molecule has 1 saturated heterocycles. The van der Waals surface area contributed by atoms with E-state index in [1.165, 1.54) is 0 Å². The number of piperidine rings is 1. The van der Waals surface area contributed by atoms with Crippen molar-refractivity contribution in [3.05, 3.63) is 78.2 Å². The smallest absolute Gasteiger partial charge is 0.251 e. The molecular formula is C31H36N6O4. The van der Waals surface area contributed by atoms with E-state index in [1.54, 1.807) is 19.5 Å². The standard InChI is InChI=1S/C31H36N6O4/c1-3-41-25-15-26(29-24(17-32-2)19-34-37(29)20-25)23-9-10-28(33-18-23)36-13-11-31(12-14-36,35-30(40)27(39)21-38)16-22-7-5-4-6-8-22/h4-10,15,17-20,27,38-39H,3,11-14,16,21H2,1-2H3,(H,35,40)/b32-17-/t27-/m1/s1. The number of aliphatic hydroxyl groups excluding tert-OH is 2. The molecule has 3 N–H and O–H groups in total. The molecule has 0 spiro atoms.